The summed E-state index contributed by atoms with van der Waals surface area (Å²) in [5, 5.41) is 8.22. The van der Waals surface area contributed by atoms with Gasteiger partial charge in [0.1, 0.15) is 11.9 Å². The normalized spacial score (nSPS) is 21.9. The molecule has 1 unspecified atom stereocenters. The van der Waals surface area contributed by atoms with E-state index in [1.165, 1.54) is 0 Å². The molecule has 0 aromatic carbocycles. The molecule has 7 heteroatoms. The second-order valence-corrected chi connectivity index (χ2v) is 7.10. The molecular weight excluding hydrogens is 320 g/mol. The van der Waals surface area contributed by atoms with E-state index < -0.39 is 0 Å². The maximum atomic E-state index is 12.7. The van der Waals surface area contributed by atoms with E-state index in [0.717, 1.165) is 25.2 Å². The van der Waals surface area contributed by atoms with Gasteiger partial charge in [0.2, 0.25) is 11.8 Å². The van der Waals surface area contributed by atoms with Crippen molar-refractivity contribution in [1.82, 2.24) is 15.1 Å². The van der Waals surface area contributed by atoms with E-state index in [-0.39, 0.29) is 23.7 Å². The summed E-state index contributed by atoms with van der Waals surface area (Å²) < 4.78 is 5.93. The minimum Gasteiger partial charge on any atom is -0.471 e. The summed E-state index contributed by atoms with van der Waals surface area (Å²) in [6.45, 7) is 1.36. The molecule has 3 rings (SSSR count). The van der Waals surface area contributed by atoms with Gasteiger partial charge in [-0.25, -0.2) is 0 Å². The van der Waals surface area contributed by atoms with Crippen molar-refractivity contribution in [2.75, 3.05) is 32.1 Å². The molecule has 0 radical (unpaired) electrons. The molecule has 136 valence electrons. The topological polar surface area (TPSA) is 75.6 Å². The molecule has 1 amide bonds. The molecule has 2 aliphatic rings. The average Bonchev–Trinajstić information content (AvgIpc) is 2.62. The Morgan fingerprint density at radius 3 is 2.60 bits per heavy atom. The molecule has 25 heavy (non-hydrogen) atoms. The maximum Gasteiger partial charge on any atom is 0.233 e. The third-order valence-corrected chi connectivity index (χ3v) is 4.95. The van der Waals surface area contributed by atoms with Crippen molar-refractivity contribution in [3.05, 3.63) is 12.1 Å². The van der Waals surface area contributed by atoms with Gasteiger partial charge >= 0.3 is 0 Å². The van der Waals surface area contributed by atoms with Crippen LogP contribution < -0.4 is 9.64 Å². The molecule has 1 aliphatic heterocycles. The highest BCUT2D eigenvalue weighted by atomic mass is 16.5. The number of hydrogen-bond acceptors (Lipinski definition) is 6. The first-order valence-electron chi connectivity index (χ1n) is 9.01. The number of carbonyl (C=O) groups excluding carboxylic acids is 2. The monoisotopic (exact) mass is 346 g/mol. The SMILES string of the molecule is CN(C)c1ccc(OC2CCCN(C(=O)C3CCC(=O)CC3)C2)nn1. The van der Waals surface area contributed by atoms with Crippen LogP contribution in [0.5, 0.6) is 5.88 Å². The zero-order valence-corrected chi connectivity index (χ0v) is 15.0. The quantitative estimate of drug-likeness (QED) is 0.825. The van der Waals surface area contributed by atoms with Gasteiger partial charge in [-0.2, -0.15) is 0 Å². The Morgan fingerprint density at radius 1 is 1.20 bits per heavy atom. The first-order chi connectivity index (χ1) is 12.0. The van der Waals surface area contributed by atoms with Crippen molar-refractivity contribution in [2.24, 2.45) is 5.92 Å². The Kier molecular flexibility index (Phi) is 5.50. The molecule has 1 saturated heterocycles. The summed E-state index contributed by atoms with van der Waals surface area (Å²) in [6.07, 6.45) is 4.24. The van der Waals surface area contributed by atoms with E-state index in [9.17, 15) is 9.59 Å². The Labute approximate surface area is 148 Å². The van der Waals surface area contributed by atoms with Crippen LogP contribution in [0.2, 0.25) is 0 Å². The molecule has 0 spiro atoms. The number of anilines is 1. The van der Waals surface area contributed by atoms with Gasteiger partial charge in [-0.15, -0.1) is 10.2 Å². The first-order valence-corrected chi connectivity index (χ1v) is 9.01. The minimum atomic E-state index is -0.0533. The number of likely N-dealkylation sites (tertiary alicyclic amines) is 1. The minimum absolute atomic E-state index is 0.00406. The lowest BCUT2D eigenvalue weighted by Gasteiger charge is -2.35. The number of ether oxygens (including phenoxy) is 1. The lowest BCUT2D eigenvalue weighted by molar-refractivity contribution is -0.140. The highest BCUT2D eigenvalue weighted by Gasteiger charge is 2.32. The lowest BCUT2D eigenvalue weighted by atomic mass is 9.87. The molecule has 1 aromatic heterocycles. The Morgan fingerprint density at radius 2 is 1.96 bits per heavy atom. The molecule has 1 aromatic rings. The number of piperidine rings is 1. The third kappa shape index (κ3) is 4.46. The number of nitrogens with zero attached hydrogens (tertiary/aromatic N) is 4. The van der Waals surface area contributed by atoms with Crippen LogP contribution in [0, 0.1) is 5.92 Å². The first kappa shape index (κ1) is 17.6. The maximum absolute atomic E-state index is 12.7. The molecule has 2 fully saturated rings. The fourth-order valence-electron chi connectivity index (χ4n) is 3.46. The van der Waals surface area contributed by atoms with Gasteiger partial charge in [0.15, 0.2) is 5.82 Å². The van der Waals surface area contributed by atoms with Crippen LogP contribution in [0.1, 0.15) is 38.5 Å². The van der Waals surface area contributed by atoms with Gasteiger partial charge in [-0.05, 0) is 31.7 Å². The van der Waals surface area contributed by atoms with E-state index in [1.54, 1.807) is 0 Å². The average molecular weight is 346 g/mol. The van der Waals surface area contributed by atoms with E-state index in [2.05, 4.69) is 10.2 Å². The summed E-state index contributed by atoms with van der Waals surface area (Å²) in [5.41, 5.74) is 0. The molecule has 0 N–H and O–H groups in total. The van der Waals surface area contributed by atoms with Crippen LogP contribution in [0.4, 0.5) is 5.82 Å². The number of Topliss-reactive ketones (excluding diaryl/α,β-unsaturated/α-hetero) is 1. The summed E-state index contributed by atoms with van der Waals surface area (Å²) in [4.78, 5) is 27.9. The lowest BCUT2D eigenvalue weighted by Crippen LogP contribution is -2.47. The Hall–Kier alpha value is -2.18. The molecule has 1 aliphatic carbocycles. The molecule has 7 nitrogen and oxygen atoms in total. The van der Waals surface area contributed by atoms with E-state index in [0.29, 0.717) is 38.1 Å². The van der Waals surface area contributed by atoms with Crippen LogP contribution in [0.15, 0.2) is 12.1 Å². The summed E-state index contributed by atoms with van der Waals surface area (Å²) >= 11 is 0. The predicted octanol–water partition coefficient (Wildman–Crippen LogP) is 1.67. The van der Waals surface area contributed by atoms with Gasteiger partial charge in [0, 0.05) is 45.5 Å². The molecule has 0 bridgehead atoms. The highest BCUT2D eigenvalue weighted by Crippen LogP contribution is 2.26. The molecule has 2 heterocycles. The van der Waals surface area contributed by atoms with Gasteiger partial charge in [0.05, 0.1) is 6.54 Å². The second kappa shape index (κ2) is 7.80. The Balaban J connectivity index is 1.55. The van der Waals surface area contributed by atoms with Crippen molar-refractivity contribution in [3.8, 4) is 5.88 Å². The van der Waals surface area contributed by atoms with Crippen LogP contribution in [-0.2, 0) is 9.59 Å². The molecule has 1 atom stereocenters. The van der Waals surface area contributed by atoms with Crippen molar-refractivity contribution in [2.45, 2.75) is 44.6 Å². The van der Waals surface area contributed by atoms with Crippen LogP contribution in [0.25, 0.3) is 0 Å². The number of ketones is 1. The van der Waals surface area contributed by atoms with Crippen LogP contribution >= 0.6 is 0 Å². The van der Waals surface area contributed by atoms with Gasteiger partial charge in [-0.3, -0.25) is 9.59 Å². The summed E-state index contributed by atoms with van der Waals surface area (Å²) in [7, 11) is 3.82. The number of amides is 1. The fraction of sp³-hybridized carbons (Fsp3) is 0.667. The predicted molar refractivity (Wildman–Crippen MR) is 93.6 cm³/mol. The van der Waals surface area contributed by atoms with Crippen LogP contribution in [-0.4, -0.2) is 60.1 Å². The third-order valence-electron chi connectivity index (χ3n) is 4.95. The number of rotatable bonds is 4. The highest BCUT2D eigenvalue weighted by molar-refractivity contribution is 5.84. The fourth-order valence-corrected chi connectivity index (χ4v) is 3.46. The van der Waals surface area contributed by atoms with Crippen molar-refractivity contribution >= 4 is 17.5 Å². The van der Waals surface area contributed by atoms with Gasteiger partial charge in [0.25, 0.3) is 0 Å². The van der Waals surface area contributed by atoms with Crippen molar-refractivity contribution in [3.63, 3.8) is 0 Å². The standard InChI is InChI=1S/C18H26N4O3/c1-21(2)16-9-10-17(20-19-16)25-15-4-3-11-22(12-15)18(24)13-5-7-14(23)8-6-13/h9-10,13,15H,3-8,11-12H2,1-2H3. The van der Waals surface area contributed by atoms with E-state index in [4.69, 9.17) is 4.74 Å². The summed E-state index contributed by atoms with van der Waals surface area (Å²) in [6, 6.07) is 3.68. The van der Waals surface area contributed by atoms with Crippen molar-refractivity contribution in [1.29, 1.82) is 0 Å². The number of aromatic nitrogens is 2. The summed E-state index contributed by atoms with van der Waals surface area (Å²) in [5.74, 6) is 1.72. The van der Waals surface area contributed by atoms with Crippen LogP contribution in [0.3, 0.4) is 0 Å². The van der Waals surface area contributed by atoms with Crippen molar-refractivity contribution < 1.29 is 14.3 Å². The second-order valence-electron chi connectivity index (χ2n) is 7.10. The molecular formula is C18H26N4O3. The van der Waals surface area contributed by atoms with E-state index in [1.807, 2.05) is 36.0 Å². The Bertz CT molecular complexity index is 607. The largest absolute Gasteiger partial charge is 0.471 e. The van der Waals surface area contributed by atoms with E-state index >= 15 is 0 Å². The number of carbonyl (C=O) groups is 2. The van der Waals surface area contributed by atoms with Gasteiger partial charge in [-0.1, -0.05) is 0 Å². The number of hydrogen-bond donors (Lipinski definition) is 0. The smallest absolute Gasteiger partial charge is 0.233 e. The van der Waals surface area contributed by atoms with Gasteiger partial charge < -0.3 is 14.5 Å². The zero-order chi connectivity index (χ0) is 17.8. The molecule has 1 saturated carbocycles. The zero-order valence-electron chi connectivity index (χ0n) is 15.0.